The van der Waals surface area contributed by atoms with E-state index >= 15 is 0 Å². The molecule has 0 amide bonds. The molecule has 0 aliphatic carbocycles. The summed E-state index contributed by atoms with van der Waals surface area (Å²) in [7, 11) is 0. The molecule has 0 rings (SSSR count). The second kappa shape index (κ2) is 34.0. The van der Waals surface area contributed by atoms with Crippen LogP contribution < -0.4 is 0 Å². The van der Waals surface area contributed by atoms with Gasteiger partial charge in [-0.1, -0.05) is 194 Å². The fraction of sp³-hybridized carbons (Fsp3) is 1.00. The van der Waals surface area contributed by atoms with E-state index < -0.39 is 0 Å². The second-order valence-corrected chi connectivity index (χ2v) is 12.4. The molecule has 0 bridgehead atoms. The van der Waals surface area contributed by atoms with E-state index in [4.69, 9.17) is 0 Å². The normalized spacial score (nSPS) is 11.7. The van der Waals surface area contributed by atoms with Crippen LogP contribution in [-0.2, 0) is 0 Å². The highest BCUT2D eigenvalue weighted by Crippen LogP contribution is 2.15. The lowest BCUT2D eigenvalue weighted by Crippen LogP contribution is -2.27. The van der Waals surface area contributed by atoms with Gasteiger partial charge in [0.05, 0.1) is 0 Å². The molecule has 0 aromatic carbocycles. The molecule has 224 valence electrons. The van der Waals surface area contributed by atoms with E-state index in [1.54, 1.807) is 0 Å². The molecule has 0 saturated heterocycles. The Labute approximate surface area is 237 Å². The topological polar surface area (TPSA) is 3.24 Å². The van der Waals surface area contributed by atoms with Crippen molar-refractivity contribution in [2.75, 3.05) is 19.6 Å². The average Bonchev–Trinajstić information content (AvgIpc) is 2.91. The molecule has 0 aliphatic heterocycles. The molecule has 0 aliphatic rings. The Kier molecular flexibility index (Phi) is 34.0. The Balaban J connectivity index is 3.47. The van der Waals surface area contributed by atoms with Gasteiger partial charge in [0.15, 0.2) is 0 Å². The van der Waals surface area contributed by atoms with E-state index in [0.717, 1.165) is 0 Å². The van der Waals surface area contributed by atoms with Gasteiger partial charge in [0.2, 0.25) is 0 Å². The summed E-state index contributed by atoms with van der Waals surface area (Å²) in [6, 6.07) is 0. The van der Waals surface area contributed by atoms with Crippen LogP contribution in [0.15, 0.2) is 0 Å². The largest absolute Gasteiger partial charge is 0.303 e. The predicted octanol–water partition coefficient (Wildman–Crippen LogP) is 13.1. The monoisotopic (exact) mass is 522 g/mol. The lowest BCUT2D eigenvalue weighted by Gasteiger charge is -2.22. The number of rotatable bonds is 33. The smallest absolute Gasteiger partial charge is 0.00187 e. The van der Waals surface area contributed by atoms with Gasteiger partial charge in [0.1, 0.15) is 0 Å². The molecule has 1 heteroatoms. The zero-order valence-electron chi connectivity index (χ0n) is 26.8. The molecule has 0 spiro atoms. The summed E-state index contributed by atoms with van der Waals surface area (Å²) >= 11 is 0. The van der Waals surface area contributed by atoms with Crippen molar-refractivity contribution in [1.82, 2.24) is 4.90 Å². The van der Waals surface area contributed by atoms with Crippen LogP contribution in [0.25, 0.3) is 0 Å². The summed E-state index contributed by atoms with van der Waals surface area (Å²) in [5.41, 5.74) is 0. The van der Waals surface area contributed by atoms with Gasteiger partial charge in [-0.3, -0.25) is 0 Å². The zero-order chi connectivity index (χ0) is 26.9. The molecule has 0 N–H and O–H groups in total. The van der Waals surface area contributed by atoms with Crippen LogP contribution in [0.4, 0.5) is 0 Å². The Bertz CT molecular complexity index is 365. The van der Waals surface area contributed by atoms with Gasteiger partial charge in [-0.25, -0.2) is 0 Å². The minimum atomic E-state index is 1.36. The third-order valence-corrected chi connectivity index (χ3v) is 8.48. The van der Waals surface area contributed by atoms with Gasteiger partial charge in [0, 0.05) is 0 Å². The summed E-state index contributed by atoms with van der Waals surface area (Å²) in [5, 5.41) is 0. The van der Waals surface area contributed by atoms with E-state index in [9.17, 15) is 0 Å². The van der Waals surface area contributed by atoms with Gasteiger partial charge in [-0.15, -0.1) is 0 Å². The third kappa shape index (κ3) is 32.1. The molecular formula is C36H75N. The van der Waals surface area contributed by atoms with Crippen LogP contribution in [0.2, 0.25) is 0 Å². The number of unbranched alkanes of at least 4 members (excludes halogenated alkanes) is 27. The molecule has 1 nitrogen and oxygen atoms in total. The first-order valence-corrected chi connectivity index (χ1v) is 18.1. The highest BCUT2D eigenvalue weighted by Gasteiger charge is 2.05. The Hall–Kier alpha value is -0.0400. The highest BCUT2D eigenvalue weighted by molar-refractivity contribution is 4.60. The van der Waals surface area contributed by atoms with Crippen LogP contribution in [0.5, 0.6) is 0 Å². The van der Waals surface area contributed by atoms with Crippen LogP contribution in [-0.4, -0.2) is 24.5 Å². The zero-order valence-corrected chi connectivity index (χ0v) is 26.8. The summed E-state index contributed by atoms with van der Waals surface area (Å²) < 4.78 is 0. The van der Waals surface area contributed by atoms with E-state index in [1.165, 1.54) is 212 Å². The van der Waals surface area contributed by atoms with Crippen LogP contribution in [0, 0.1) is 0 Å². The molecule has 0 aromatic rings. The Morgan fingerprint density at radius 1 is 0.216 bits per heavy atom. The molecule has 37 heavy (non-hydrogen) atoms. The minimum absolute atomic E-state index is 1.36. The predicted molar refractivity (Wildman–Crippen MR) is 172 cm³/mol. The van der Waals surface area contributed by atoms with Crippen molar-refractivity contribution < 1.29 is 0 Å². The van der Waals surface area contributed by atoms with Crippen molar-refractivity contribution >= 4 is 0 Å². The Morgan fingerprint density at radius 3 is 0.568 bits per heavy atom. The summed E-state index contributed by atoms with van der Waals surface area (Å²) in [4.78, 5) is 2.81. The van der Waals surface area contributed by atoms with E-state index in [-0.39, 0.29) is 0 Å². The summed E-state index contributed by atoms with van der Waals surface area (Å²) in [6.45, 7) is 11.0. The first-order chi connectivity index (χ1) is 18.3. The maximum Gasteiger partial charge on any atom is -0.00187 e. The van der Waals surface area contributed by atoms with Gasteiger partial charge in [-0.05, 0) is 38.9 Å². The SMILES string of the molecule is CCCCCCCCCCCCCCCCCCCCCCN(CCCCCCC)CCCCCCC. The quantitative estimate of drug-likeness (QED) is 0.0776. The van der Waals surface area contributed by atoms with Gasteiger partial charge in [0.25, 0.3) is 0 Å². The molecule has 0 unspecified atom stereocenters. The molecule has 0 saturated carbocycles. The van der Waals surface area contributed by atoms with Crippen LogP contribution in [0.1, 0.15) is 213 Å². The summed E-state index contributed by atoms with van der Waals surface area (Å²) in [5.74, 6) is 0. The van der Waals surface area contributed by atoms with Crippen molar-refractivity contribution in [3.8, 4) is 0 Å². The number of nitrogens with zero attached hydrogens (tertiary/aromatic N) is 1. The lowest BCUT2D eigenvalue weighted by atomic mass is 10.0. The lowest BCUT2D eigenvalue weighted by molar-refractivity contribution is 0.254. The van der Waals surface area contributed by atoms with Crippen LogP contribution >= 0.6 is 0 Å². The molecule has 0 aromatic heterocycles. The minimum Gasteiger partial charge on any atom is -0.303 e. The van der Waals surface area contributed by atoms with Gasteiger partial charge in [-0.2, -0.15) is 0 Å². The average molecular weight is 522 g/mol. The first-order valence-electron chi connectivity index (χ1n) is 18.1. The van der Waals surface area contributed by atoms with Gasteiger partial charge < -0.3 is 4.90 Å². The maximum absolute atomic E-state index is 2.81. The standard InChI is InChI=1S/C36H75N/c1-4-7-10-13-14-15-16-17-18-19-20-21-22-23-24-25-26-27-30-33-36-37(34-31-28-11-8-5-2)35-32-29-12-9-6-3/h4-36H2,1-3H3. The molecule has 0 radical (unpaired) electrons. The third-order valence-electron chi connectivity index (χ3n) is 8.48. The van der Waals surface area contributed by atoms with Crippen molar-refractivity contribution in [2.45, 2.75) is 213 Å². The highest BCUT2D eigenvalue weighted by atomic mass is 15.1. The first kappa shape index (κ1) is 37.0. The molecular weight excluding hydrogens is 446 g/mol. The Morgan fingerprint density at radius 2 is 0.378 bits per heavy atom. The van der Waals surface area contributed by atoms with E-state index in [0.29, 0.717) is 0 Å². The fourth-order valence-electron chi connectivity index (χ4n) is 5.80. The maximum atomic E-state index is 2.81. The second-order valence-electron chi connectivity index (χ2n) is 12.4. The van der Waals surface area contributed by atoms with Gasteiger partial charge >= 0.3 is 0 Å². The molecule has 0 atom stereocenters. The van der Waals surface area contributed by atoms with E-state index in [2.05, 4.69) is 25.7 Å². The van der Waals surface area contributed by atoms with Crippen molar-refractivity contribution in [3.05, 3.63) is 0 Å². The van der Waals surface area contributed by atoms with E-state index in [1.807, 2.05) is 0 Å². The van der Waals surface area contributed by atoms with Crippen LogP contribution in [0.3, 0.4) is 0 Å². The molecule has 0 heterocycles. The number of hydrogen-bond donors (Lipinski definition) is 0. The fourth-order valence-corrected chi connectivity index (χ4v) is 5.80. The molecule has 0 fully saturated rings. The van der Waals surface area contributed by atoms with Crippen molar-refractivity contribution in [2.24, 2.45) is 0 Å². The number of hydrogen-bond acceptors (Lipinski definition) is 1. The van der Waals surface area contributed by atoms with Crippen molar-refractivity contribution in [3.63, 3.8) is 0 Å². The summed E-state index contributed by atoms with van der Waals surface area (Å²) in [6.07, 6.45) is 43.7. The van der Waals surface area contributed by atoms with Crippen molar-refractivity contribution in [1.29, 1.82) is 0 Å².